The molecule has 0 saturated heterocycles. The Hall–Kier alpha value is -3.16. The Kier molecular flexibility index (Phi) is 6.54. The minimum atomic E-state index is -0.984. The highest BCUT2D eigenvalue weighted by atomic mass is 19.1. The number of carbonyl (C=O) groups excluding carboxylic acids is 2. The number of rotatable bonds is 6. The molecule has 0 spiro atoms. The lowest BCUT2D eigenvalue weighted by Crippen LogP contribution is -2.52. The maximum atomic E-state index is 13.9. The average molecular weight is 418 g/mol. The minimum absolute atomic E-state index is 0.223. The summed E-state index contributed by atoms with van der Waals surface area (Å²) in [6.07, 6.45) is -0.388. The molecule has 1 heterocycles. The van der Waals surface area contributed by atoms with Crippen LogP contribution < -0.4 is 14.8 Å². The molecule has 1 aliphatic heterocycles. The molecule has 1 aliphatic rings. The van der Waals surface area contributed by atoms with E-state index in [0.29, 0.717) is 11.5 Å². The van der Waals surface area contributed by atoms with Crippen molar-refractivity contribution in [3.05, 3.63) is 59.7 Å². The number of halogens is 2. The Morgan fingerprint density at radius 2 is 1.73 bits per heavy atom. The molecule has 0 saturated carbocycles. The summed E-state index contributed by atoms with van der Waals surface area (Å²) >= 11 is 0. The Bertz CT molecular complexity index is 915. The van der Waals surface area contributed by atoms with Crippen LogP contribution in [0.5, 0.6) is 11.5 Å². The second-order valence-electron chi connectivity index (χ2n) is 7.51. The second kappa shape index (κ2) is 9.11. The van der Waals surface area contributed by atoms with Crippen molar-refractivity contribution in [1.29, 1.82) is 0 Å². The molecule has 2 amide bonds. The number of amides is 2. The molecule has 2 atom stereocenters. The predicted octanol–water partition coefficient (Wildman–Crippen LogP) is 3.02. The Balaban J connectivity index is 1.67. The van der Waals surface area contributed by atoms with Gasteiger partial charge in [-0.1, -0.05) is 32.0 Å². The van der Waals surface area contributed by atoms with Gasteiger partial charge in [-0.3, -0.25) is 9.59 Å². The first-order chi connectivity index (χ1) is 14.3. The number of fused-ring (bicyclic) bond motifs is 1. The number of para-hydroxylation sites is 2. The van der Waals surface area contributed by atoms with Gasteiger partial charge in [0.1, 0.15) is 29.8 Å². The van der Waals surface area contributed by atoms with Crippen LogP contribution in [0.4, 0.5) is 8.78 Å². The summed E-state index contributed by atoms with van der Waals surface area (Å²) in [4.78, 5) is 26.8. The number of carbonyl (C=O) groups is 2. The Morgan fingerprint density at radius 3 is 2.37 bits per heavy atom. The molecule has 1 N–H and O–H groups in total. The summed E-state index contributed by atoms with van der Waals surface area (Å²) in [5, 5.41) is 2.47. The molecule has 0 fully saturated rings. The van der Waals surface area contributed by atoms with E-state index in [1.54, 1.807) is 33.0 Å². The summed E-state index contributed by atoms with van der Waals surface area (Å²) in [7, 11) is 1.58. The van der Waals surface area contributed by atoms with Crippen LogP contribution in [0, 0.1) is 17.6 Å². The van der Waals surface area contributed by atoms with Crippen molar-refractivity contribution in [2.45, 2.75) is 26.0 Å². The van der Waals surface area contributed by atoms with Crippen LogP contribution in [0.2, 0.25) is 0 Å². The van der Waals surface area contributed by atoms with Crippen molar-refractivity contribution in [2.24, 2.45) is 5.92 Å². The zero-order chi connectivity index (χ0) is 21.8. The van der Waals surface area contributed by atoms with Crippen LogP contribution in [0.3, 0.4) is 0 Å². The first-order valence-corrected chi connectivity index (χ1v) is 9.66. The fraction of sp³-hybridized carbons (Fsp3) is 0.364. The zero-order valence-corrected chi connectivity index (χ0v) is 17.0. The Labute approximate surface area is 173 Å². The Morgan fingerprint density at radius 1 is 1.10 bits per heavy atom. The molecule has 30 heavy (non-hydrogen) atoms. The molecule has 0 aromatic heterocycles. The molecule has 3 rings (SSSR count). The quantitative estimate of drug-likeness (QED) is 0.783. The third-order valence-corrected chi connectivity index (χ3v) is 4.83. The van der Waals surface area contributed by atoms with E-state index in [1.165, 1.54) is 11.0 Å². The largest absolute Gasteiger partial charge is 0.486 e. The van der Waals surface area contributed by atoms with Gasteiger partial charge in [0.25, 0.3) is 5.91 Å². The van der Waals surface area contributed by atoms with E-state index in [1.807, 2.05) is 12.1 Å². The third kappa shape index (κ3) is 4.69. The normalized spacial score (nSPS) is 16.1. The summed E-state index contributed by atoms with van der Waals surface area (Å²) in [6, 6.07) is 9.44. The molecule has 0 bridgehead atoms. The summed E-state index contributed by atoms with van der Waals surface area (Å²) < 4.78 is 39.4. The number of likely N-dealkylation sites (N-methyl/N-ethyl adjacent to an activating group) is 1. The van der Waals surface area contributed by atoms with Crippen molar-refractivity contribution >= 4 is 11.8 Å². The first kappa shape index (κ1) is 21.5. The molecule has 8 heteroatoms. The standard InChI is InChI=1S/C22H24F2N2O4/c1-13(2)20(25-21(27)19-15(23)7-6-8-16(19)24)22(28)26(3)11-14-12-29-17-9-4-5-10-18(17)30-14/h4-10,13-14,20H,11-12H2,1-3H3,(H,25,27). The second-order valence-corrected chi connectivity index (χ2v) is 7.51. The van der Waals surface area contributed by atoms with E-state index < -0.39 is 35.1 Å². The smallest absolute Gasteiger partial charge is 0.257 e. The number of benzene rings is 2. The number of hydrogen-bond acceptors (Lipinski definition) is 4. The van der Waals surface area contributed by atoms with Gasteiger partial charge in [0.05, 0.1) is 6.54 Å². The molecule has 160 valence electrons. The topological polar surface area (TPSA) is 67.9 Å². The van der Waals surface area contributed by atoms with Crippen molar-refractivity contribution in [3.63, 3.8) is 0 Å². The van der Waals surface area contributed by atoms with E-state index in [2.05, 4.69) is 5.32 Å². The van der Waals surface area contributed by atoms with Crippen LogP contribution in [0.25, 0.3) is 0 Å². The van der Waals surface area contributed by atoms with Gasteiger partial charge in [-0.25, -0.2) is 8.78 Å². The van der Waals surface area contributed by atoms with Crippen LogP contribution in [0.15, 0.2) is 42.5 Å². The maximum absolute atomic E-state index is 13.9. The van der Waals surface area contributed by atoms with Gasteiger partial charge >= 0.3 is 0 Å². The number of hydrogen-bond donors (Lipinski definition) is 1. The van der Waals surface area contributed by atoms with Crippen molar-refractivity contribution in [3.8, 4) is 11.5 Å². The number of ether oxygens (including phenoxy) is 2. The maximum Gasteiger partial charge on any atom is 0.257 e. The van der Waals surface area contributed by atoms with E-state index in [-0.39, 0.29) is 25.2 Å². The van der Waals surface area contributed by atoms with E-state index in [4.69, 9.17) is 9.47 Å². The van der Waals surface area contributed by atoms with Crippen LogP contribution in [-0.4, -0.2) is 49.1 Å². The highest BCUT2D eigenvalue weighted by Gasteiger charge is 2.31. The van der Waals surface area contributed by atoms with Crippen molar-refractivity contribution in [2.75, 3.05) is 20.2 Å². The fourth-order valence-electron chi connectivity index (χ4n) is 3.23. The molecular formula is C22H24F2N2O4. The predicted molar refractivity (Wildman–Crippen MR) is 106 cm³/mol. The van der Waals surface area contributed by atoms with Gasteiger partial charge < -0.3 is 19.7 Å². The number of nitrogens with zero attached hydrogens (tertiary/aromatic N) is 1. The monoisotopic (exact) mass is 418 g/mol. The van der Waals surface area contributed by atoms with E-state index >= 15 is 0 Å². The summed E-state index contributed by atoms with van der Waals surface area (Å²) in [6.45, 7) is 3.98. The van der Waals surface area contributed by atoms with Crippen LogP contribution >= 0.6 is 0 Å². The third-order valence-electron chi connectivity index (χ3n) is 4.83. The van der Waals surface area contributed by atoms with Gasteiger partial charge in [0.15, 0.2) is 17.6 Å². The van der Waals surface area contributed by atoms with Gasteiger partial charge in [-0.05, 0) is 30.2 Å². The summed E-state index contributed by atoms with van der Waals surface area (Å²) in [5.41, 5.74) is -0.709. The lowest BCUT2D eigenvalue weighted by atomic mass is 10.0. The highest BCUT2D eigenvalue weighted by Crippen LogP contribution is 2.31. The lowest BCUT2D eigenvalue weighted by molar-refractivity contribution is -0.134. The van der Waals surface area contributed by atoms with Gasteiger partial charge in [0, 0.05) is 7.05 Å². The van der Waals surface area contributed by atoms with Crippen molar-refractivity contribution in [1.82, 2.24) is 10.2 Å². The van der Waals surface area contributed by atoms with E-state index in [0.717, 1.165) is 12.1 Å². The van der Waals surface area contributed by atoms with E-state index in [9.17, 15) is 18.4 Å². The highest BCUT2D eigenvalue weighted by molar-refractivity contribution is 5.98. The van der Waals surface area contributed by atoms with Gasteiger partial charge in [-0.2, -0.15) is 0 Å². The fourth-order valence-corrected chi connectivity index (χ4v) is 3.23. The molecule has 2 aromatic rings. The minimum Gasteiger partial charge on any atom is -0.486 e. The molecular weight excluding hydrogens is 394 g/mol. The van der Waals surface area contributed by atoms with Crippen LogP contribution in [0.1, 0.15) is 24.2 Å². The van der Waals surface area contributed by atoms with Crippen LogP contribution in [-0.2, 0) is 4.79 Å². The number of nitrogens with one attached hydrogen (secondary N) is 1. The SMILES string of the molecule is CC(C)C(NC(=O)c1c(F)cccc1F)C(=O)N(C)CC1COc2ccccc2O1. The molecule has 0 radical (unpaired) electrons. The van der Waals surface area contributed by atoms with Gasteiger partial charge in [-0.15, -0.1) is 0 Å². The van der Waals surface area contributed by atoms with Gasteiger partial charge in [0.2, 0.25) is 5.91 Å². The molecule has 6 nitrogen and oxygen atoms in total. The molecule has 2 unspecified atom stereocenters. The molecule has 0 aliphatic carbocycles. The van der Waals surface area contributed by atoms with Crippen molar-refractivity contribution < 1.29 is 27.8 Å². The summed E-state index contributed by atoms with van der Waals surface area (Å²) in [5.74, 6) is -2.40. The lowest BCUT2D eigenvalue weighted by Gasteiger charge is -2.32. The first-order valence-electron chi connectivity index (χ1n) is 9.66. The zero-order valence-electron chi connectivity index (χ0n) is 17.0. The molecule has 2 aromatic carbocycles. The average Bonchev–Trinajstić information content (AvgIpc) is 2.71.